The molecular weight excluding hydrogens is 554 g/mol. The summed E-state index contributed by atoms with van der Waals surface area (Å²) in [5.41, 5.74) is 2.86. The van der Waals surface area contributed by atoms with Crippen LogP contribution in [-0.4, -0.2) is 43.5 Å². The van der Waals surface area contributed by atoms with Gasteiger partial charge in [-0.1, -0.05) is 101 Å². The number of aliphatic imine (C=N–C) groups is 1. The van der Waals surface area contributed by atoms with Crippen LogP contribution in [-0.2, 0) is 6.42 Å². The molecule has 3 aliphatic rings. The molecule has 0 saturated heterocycles. The van der Waals surface area contributed by atoms with Gasteiger partial charge in [0, 0.05) is 29.6 Å². The van der Waals surface area contributed by atoms with Gasteiger partial charge in [0.25, 0.3) is 5.91 Å². The fourth-order valence-electron chi connectivity index (χ4n) is 6.72. The lowest BCUT2D eigenvalue weighted by molar-refractivity contribution is 0.0941. The predicted molar refractivity (Wildman–Crippen MR) is 172 cm³/mol. The topological polar surface area (TPSA) is 100 Å². The molecule has 0 radical (unpaired) electrons. The molecule has 0 bridgehead atoms. The van der Waals surface area contributed by atoms with Crippen molar-refractivity contribution in [3.8, 4) is 17.3 Å². The van der Waals surface area contributed by atoms with E-state index in [0.717, 1.165) is 21.4 Å². The molecule has 0 unspecified atom stereocenters. The van der Waals surface area contributed by atoms with E-state index >= 15 is 0 Å². The lowest BCUT2D eigenvalue weighted by Crippen LogP contribution is -2.45. The second-order valence-corrected chi connectivity index (χ2v) is 14.3. The third kappa shape index (κ3) is 6.08. The quantitative estimate of drug-likeness (QED) is 0.286. The number of carbonyl (C=O) groups excluding carboxylic acids is 1. The molecule has 1 aliphatic heterocycles. The Bertz CT molecular complexity index is 1570. The first-order valence-corrected chi connectivity index (χ1v) is 16.6. The van der Waals surface area contributed by atoms with E-state index < -0.39 is 5.91 Å². The van der Waals surface area contributed by atoms with Crippen molar-refractivity contribution in [2.45, 2.75) is 110 Å². The van der Waals surface area contributed by atoms with Gasteiger partial charge in [-0.05, 0) is 38.0 Å². The molecule has 224 valence electrons. The number of allylic oxidation sites excluding steroid dienone is 2. The van der Waals surface area contributed by atoms with Crippen molar-refractivity contribution in [2.75, 3.05) is 4.90 Å². The Hall–Kier alpha value is -3.64. The summed E-state index contributed by atoms with van der Waals surface area (Å²) in [4.78, 5) is 31.3. The zero-order valence-corrected chi connectivity index (χ0v) is 26.6. The van der Waals surface area contributed by atoms with Crippen LogP contribution >= 0.6 is 11.3 Å². The van der Waals surface area contributed by atoms with Crippen LogP contribution in [0.5, 0.6) is 0 Å². The molecule has 8 nitrogen and oxygen atoms in total. The Morgan fingerprint density at radius 2 is 1.63 bits per heavy atom. The summed E-state index contributed by atoms with van der Waals surface area (Å²) in [6, 6.07) is 13.3. The highest BCUT2D eigenvalue weighted by molar-refractivity contribution is 7.19. The third-order valence-electron chi connectivity index (χ3n) is 8.82. The standard InChI is InChI=1S/C34H41N7OS/c1-22-26(21-35)32(42)41-30(36-27(39-41)20-34(2,3)4)28(22)37-31-29(23-14-8-5-9-15-23)38-33(43-31)40(24-16-10-6-11-17-24)25-18-12-7-13-19-25/h5,8-9,14-15,24-25H,6-7,10-13,16-20H2,1-4H3/b37-28-. The number of benzene rings is 1. The Morgan fingerprint density at radius 1 is 1.00 bits per heavy atom. The summed E-state index contributed by atoms with van der Waals surface area (Å²) in [6.45, 7) is 8.13. The molecule has 0 amide bonds. The van der Waals surface area contributed by atoms with Gasteiger partial charge < -0.3 is 4.90 Å². The molecule has 3 aromatic rings. The van der Waals surface area contributed by atoms with Crippen LogP contribution in [0.15, 0.2) is 46.5 Å². The van der Waals surface area contributed by atoms with Gasteiger partial charge in [0.15, 0.2) is 16.8 Å². The maximum atomic E-state index is 13.3. The summed E-state index contributed by atoms with van der Waals surface area (Å²) in [7, 11) is 0. The van der Waals surface area contributed by atoms with Crippen molar-refractivity contribution in [1.82, 2.24) is 19.7 Å². The molecule has 2 saturated carbocycles. The van der Waals surface area contributed by atoms with Gasteiger partial charge in [-0.2, -0.15) is 9.94 Å². The number of carbonyl (C=O) groups is 1. The number of anilines is 1. The lowest BCUT2D eigenvalue weighted by atomic mass is 9.89. The van der Waals surface area contributed by atoms with Crippen molar-refractivity contribution in [3.63, 3.8) is 0 Å². The van der Waals surface area contributed by atoms with Crippen LogP contribution in [0.25, 0.3) is 11.3 Å². The Balaban J connectivity index is 1.51. The molecule has 0 N–H and O–H groups in total. The number of hydrogen-bond donors (Lipinski definition) is 0. The minimum Gasteiger partial charge on any atom is -0.342 e. The third-order valence-corrected chi connectivity index (χ3v) is 9.78. The smallest absolute Gasteiger partial charge is 0.291 e. The van der Waals surface area contributed by atoms with Gasteiger partial charge in [0.05, 0.1) is 0 Å². The van der Waals surface area contributed by atoms with Gasteiger partial charge in [-0.15, -0.1) is 5.10 Å². The molecule has 6 rings (SSSR count). The first-order valence-electron chi connectivity index (χ1n) is 15.8. The van der Waals surface area contributed by atoms with Gasteiger partial charge in [-0.25, -0.2) is 15.0 Å². The summed E-state index contributed by atoms with van der Waals surface area (Å²) in [5.74, 6) is 0.520. The molecule has 0 spiro atoms. The fraction of sp³-hybridized carbons (Fsp3) is 0.529. The van der Waals surface area contributed by atoms with Gasteiger partial charge >= 0.3 is 0 Å². The Morgan fingerprint density at radius 3 is 2.21 bits per heavy atom. The van der Waals surface area contributed by atoms with Crippen LogP contribution in [0.4, 0.5) is 10.1 Å². The van der Waals surface area contributed by atoms with E-state index in [1.165, 1.54) is 68.9 Å². The van der Waals surface area contributed by atoms with Crippen molar-refractivity contribution >= 4 is 33.1 Å². The van der Waals surface area contributed by atoms with E-state index in [9.17, 15) is 10.1 Å². The van der Waals surface area contributed by atoms with E-state index in [-0.39, 0.29) is 11.0 Å². The van der Waals surface area contributed by atoms with Crippen LogP contribution in [0.2, 0.25) is 0 Å². The molecule has 9 heteroatoms. The van der Waals surface area contributed by atoms with E-state index in [1.807, 2.05) is 18.2 Å². The molecule has 0 atom stereocenters. The molecule has 3 heterocycles. The Kier molecular flexibility index (Phi) is 8.32. The highest BCUT2D eigenvalue weighted by atomic mass is 32.1. The van der Waals surface area contributed by atoms with Gasteiger partial charge in [0.2, 0.25) is 0 Å². The first-order chi connectivity index (χ1) is 20.7. The number of nitriles is 1. The number of nitrogens with zero attached hydrogens (tertiary/aromatic N) is 7. The average molecular weight is 596 g/mol. The number of rotatable bonds is 6. The highest BCUT2D eigenvalue weighted by Crippen LogP contribution is 2.44. The maximum Gasteiger partial charge on any atom is 0.291 e. The second-order valence-electron chi connectivity index (χ2n) is 13.4. The van der Waals surface area contributed by atoms with E-state index in [4.69, 9.17) is 15.0 Å². The van der Waals surface area contributed by atoms with E-state index in [1.54, 1.807) is 18.3 Å². The SMILES string of the molecule is CC1=C(C#N)C(=O)n2nc(CC(C)(C)C)nc2/C1=N\c1sc(N(C2CCCCC2)C2CCCCC2)nc1-c1ccccc1. The molecule has 43 heavy (non-hydrogen) atoms. The normalized spacial score (nSPS) is 19.5. The molecule has 1 aromatic carbocycles. The highest BCUT2D eigenvalue weighted by Gasteiger charge is 2.35. The summed E-state index contributed by atoms with van der Waals surface area (Å²) in [5, 5.41) is 16.3. The number of thiazole rings is 1. The lowest BCUT2D eigenvalue weighted by Gasteiger charge is -2.41. The van der Waals surface area contributed by atoms with Crippen molar-refractivity contribution < 1.29 is 4.79 Å². The molecule has 2 aromatic heterocycles. The van der Waals surface area contributed by atoms with E-state index in [0.29, 0.717) is 41.4 Å². The minimum atomic E-state index is -0.448. The molecule has 2 aliphatic carbocycles. The zero-order chi connectivity index (χ0) is 30.1. The van der Waals surface area contributed by atoms with Crippen molar-refractivity contribution in [3.05, 3.63) is 53.1 Å². The predicted octanol–water partition coefficient (Wildman–Crippen LogP) is 8.08. The number of hydrogen-bond acceptors (Lipinski definition) is 8. The van der Waals surface area contributed by atoms with Gasteiger partial charge in [-0.3, -0.25) is 4.79 Å². The average Bonchev–Trinajstić information content (AvgIpc) is 3.61. The summed E-state index contributed by atoms with van der Waals surface area (Å²) >= 11 is 1.63. The van der Waals surface area contributed by atoms with Crippen LogP contribution in [0.1, 0.15) is 108 Å². The fourth-order valence-corrected chi connectivity index (χ4v) is 7.83. The van der Waals surface area contributed by atoms with Crippen LogP contribution in [0, 0.1) is 16.7 Å². The molecule has 2 fully saturated rings. The van der Waals surface area contributed by atoms with Gasteiger partial charge in [0.1, 0.15) is 28.0 Å². The van der Waals surface area contributed by atoms with E-state index in [2.05, 4.69) is 49.0 Å². The maximum absolute atomic E-state index is 13.3. The summed E-state index contributed by atoms with van der Waals surface area (Å²) in [6.07, 6.45) is 13.1. The second kappa shape index (κ2) is 12.2. The zero-order valence-electron chi connectivity index (χ0n) is 25.8. The van der Waals surface area contributed by atoms with Crippen LogP contribution in [0.3, 0.4) is 0 Å². The minimum absolute atomic E-state index is 0.0514. The summed E-state index contributed by atoms with van der Waals surface area (Å²) < 4.78 is 1.27. The number of fused-ring (bicyclic) bond motifs is 1. The van der Waals surface area contributed by atoms with Crippen LogP contribution < -0.4 is 4.90 Å². The Labute approximate surface area is 258 Å². The first kappa shape index (κ1) is 29.4. The monoisotopic (exact) mass is 595 g/mol. The largest absolute Gasteiger partial charge is 0.342 e. The molecular formula is C34H41N7OS. The van der Waals surface area contributed by atoms with Crippen molar-refractivity contribution in [1.29, 1.82) is 5.26 Å². The van der Waals surface area contributed by atoms with Crippen molar-refractivity contribution in [2.24, 2.45) is 10.4 Å². The number of aromatic nitrogens is 4.